The van der Waals surface area contributed by atoms with Crippen molar-refractivity contribution < 1.29 is 24.2 Å². The highest BCUT2D eigenvalue weighted by Gasteiger charge is 2.27. The SMILES string of the molecule is C=CCOC(=O)N[C@H](C(=O)C[C@@H](C)C(=O)O)C(C)C. The summed E-state index contributed by atoms with van der Waals surface area (Å²) in [5.41, 5.74) is 0. The zero-order valence-corrected chi connectivity index (χ0v) is 11.5. The average molecular weight is 271 g/mol. The molecule has 0 bridgehead atoms. The Hall–Kier alpha value is -1.85. The predicted octanol–water partition coefficient (Wildman–Crippen LogP) is 1.60. The van der Waals surface area contributed by atoms with E-state index in [-0.39, 0.29) is 24.7 Å². The van der Waals surface area contributed by atoms with Gasteiger partial charge in [0.2, 0.25) is 0 Å². The Morgan fingerprint density at radius 3 is 2.32 bits per heavy atom. The normalized spacial score (nSPS) is 13.5. The number of amides is 1. The summed E-state index contributed by atoms with van der Waals surface area (Å²) < 4.78 is 4.74. The minimum absolute atomic E-state index is 0.0520. The molecule has 0 radical (unpaired) electrons. The number of carboxylic acids is 1. The standard InChI is InChI=1S/C13H21NO5/c1-5-6-19-13(18)14-11(8(2)3)10(15)7-9(4)12(16)17/h5,8-9,11H,1,6-7H2,2-4H3,(H,14,18)(H,16,17)/t9-,11+/m1/s1. The highest BCUT2D eigenvalue weighted by atomic mass is 16.5. The monoisotopic (exact) mass is 271 g/mol. The predicted molar refractivity (Wildman–Crippen MR) is 69.7 cm³/mol. The summed E-state index contributed by atoms with van der Waals surface area (Å²) >= 11 is 0. The van der Waals surface area contributed by atoms with Gasteiger partial charge in [0.15, 0.2) is 5.78 Å². The van der Waals surface area contributed by atoms with Gasteiger partial charge in [-0.2, -0.15) is 0 Å². The Bertz CT molecular complexity index is 351. The first-order valence-electron chi connectivity index (χ1n) is 6.09. The number of rotatable bonds is 8. The molecule has 0 aliphatic carbocycles. The van der Waals surface area contributed by atoms with E-state index in [2.05, 4.69) is 11.9 Å². The lowest BCUT2D eigenvalue weighted by atomic mass is 9.93. The molecule has 6 heteroatoms. The Morgan fingerprint density at radius 2 is 1.89 bits per heavy atom. The van der Waals surface area contributed by atoms with Gasteiger partial charge in [-0.1, -0.05) is 33.4 Å². The number of nitrogens with one attached hydrogen (secondary N) is 1. The molecule has 108 valence electrons. The molecule has 1 amide bonds. The van der Waals surface area contributed by atoms with Crippen LogP contribution in [0, 0.1) is 11.8 Å². The van der Waals surface area contributed by atoms with Crippen LogP contribution in [0.25, 0.3) is 0 Å². The van der Waals surface area contributed by atoms with Crippen molar-refractivity contribution in [2.75, 3.05) is 6.61 Å². The number of carboxylic acid groups (broad SMARTS) is 1. The quantitative estimate of drug-likeness (QED) is 0.654. The summed E-state index contributed by atoms with van der Waals surface area (Å²) in [6.07, 6.45) is 0.577. The van der Waals surface area contributed by atoms with Gasteiger partial charge >= 0.3 is 12.1 Å². The van der Waals surface area contributed by atoms with Crippen LogP contribution in [0.4, 0.5) is 4.79 Å². The second-order valence-electron chi connectivity index (χ2n) is 4.66. The van der Waals surface area contributed by atoms with E-state index in [1.807, 2.05) is 0 Å². The van der Waals surface area contributed by atoms with Gasteiger partial charge < -0.3 is 15.2 Å². The molecule has 0 unspecified atom stereocenters. The molecule has 0 aromatic carbocycles. The molecule has 19 heavy (non-hydrogen) atoms. The molecule has 0 rings (SSSR count). The maximum Gasteiger partial charge on any atom is 0.408 e. The molecule has 0 spiro atoms. The number of Topliss-reactive ketones (excluding diaryl/α,β-unsaturated/α-hetero) is 1. The van der Waals surface area contributed by atoms with Crippen molar-refractivity contribution in [2.45, 2.75) is 33.2 Å². The molecule has 2 N–H and O–H groups in total. The lowest BCUT2D eigenvalue weighted by Crippen LogP contribution is -2.45. The van der Waals surface area contributed by atoms with Crippen LogP contribution in [0.2, 0.25) is 0 Å². The Labute approximate surface area is 112 Å². The van der Waals surface area contributed by atoms with Crippen LogP contribution < -0.4 is 5.32 Å². The first kappa shape index (κ1) is 17.2. The highest BCUT2D eigenvalue weighted by Crippen LogP contribution is 2.11. The van der Waals surface area contributed by atoms with Crippen LogP contribution in [0.15, 0.2) is 12.7 Å². The van der Waals surface area contributed by atoms with Crippen LogP contribution in [-0.2, 0) is 14.3 Å². The highest BCUT2D eigenvalue weighted by molar-refractivity contribution is 5.90. The van der Waals surface area contributed by atoms with E-state index >= 15 is 0 Å². The largest absolute Gasteiger partial charge is 0.481 e. The summed E-state index contributed by atoms with van der Waals surface area (Å²) in [5.74, 6) is -2.28. The minimum Gasteiger partial charge on any atom is -0.481 e. The zero-order chi connectivity index (χ0) is 15.0. The molecule has 0 aromatic heterocycles. The van der Waals surface area contributed by atoms with Crippen LogP contribution in [-0.4, -0.2) is 35.6 Å². The summed E-state index contributed by atoms with van der Waals surface area (Å²) in [7, 11) is 0. The van der Waals surface area contributed by atoms with E-state index in [1.165, 1.54) is 13.0 Å². The lowest BCUT2D eigenvalue weighted by molar-refractivity contribution is -0.143. The molecule has 2 atom stereocenters. The second kappa shape index (κ2) is 8.29. The van der Waals surface area contributed by atoms with Gasteiger partial charge in [-0.3, -0.25) is 9.59 Å². The average Bonchev–Trinajstić information content (AvgIpc) is 2.32. The summed E-state index contributed by atoms with van der Waals surface area (Å²) in [6.45, 7) is 8.44. The molecule has 0 aliphatic heterocycles. The third kappa shape index (κ3) is 6.59. The van der Waals surface area contributed by atoms with Gasteiger partial charge in [-0.15, -0.1) is 0 Å². The third-order valence-electron chi connectivity index (χ3n) is 2.55. The van der Waals surface area contributed by atoms with Gasteiger partial charge in [0.1, 0.15) is 6.61 Å². The number of carbonyl (C=O) groups is 3. The molecule has 6 nitrogen and oxygen atoms in total. The van der Waals surface area contributed by atoms with Crippen molar-refractivity contribution in [3.63, 3.8) is 0 Å². The second-order valence-corrected chi connectivity index (χ2v) is 4.66. The molecular formula is C13H21NO5. The minimum atomic E-state index is -1.04. The van der Waals surface area contributed by atoms with Crippen LogP contribution in [0.3, 0.4) is 0 Å². The third-order valence-corrected chi connectivity index (χ3v) is 2.55. The molecule has 0 saturated carbocycles. The van der Waals surface area contributed by atoms with Crippen molar-refractivity contribution in [1.29, 1.82) is 0 Å². The lowest BCUT2D eigenvalue weighted by Gasteiger charge is -2.21. The fourth-order valence-corrected chi connectivity index (χ4v) is 1.44. The van der Waals surface area contributed by atoms with Crippen molar-refractivity contribution >= 4 is 17.8 Å². The van der Waals surface area contributed by atoms with E-state index in [9.17, 15) is 14.4 Å². The van der Waals surface area contributed by atoms with Crippen molar-refractivity contribution in [2.24, 2.45) is 11.8 Å². The van der Waals surface area contributed by atoms with Gasteiger partial charge in [0.05, 0.1) is 12.0 Å². The topological polar surface area (TPSA) is 92.7 Å². The maximum atomic E-state index is 12.0. The van der Waals surface area contributed by atoms with Crippen LogP contribution in [0.1, 0.15) is 27.2 Å². The zero-order valence-electron chi connectivity index (χ0n) is 11.5. The van der Waals surface area contributed by atoms with E-state index in [0.29, 0.717) is 0 Å². The first-order chi connectivity index (χ1) is 8.79. The van der Waals surface area contributed by atoms with Crippen molar-refractivity contribution in [3.8, 4) is 0 Å². The number of alkyl carbamates (subject to hydrolysis) is 1. The fraction of sp³-hybridized carbons (Fsp3) is 0.615. The number of carbonyl (C=O) groups excluding carboxylic acids is 2. The smallest absolute Gasteiger partial charge is 0.408 e. The molecular weight excluding hydrogens is 250 g/mol. The molecule has 0 fully saturated rings. The van der Waals surface area contributed by atoms with Crippen LogP contribution >= 0.6 is 0 Å². The van der Waals surface area contributed by atoms with Gasteiger partial charge in [0.25, 0.3) is 0 Å². The number of hydrogen-bond acceptors (Lipinski definition) is 4. The number of hydrogen-bond donors (Lipinski definition) is 2. The summed E-state index contributed by atoms with van der Waals surface area (Å²) in [6, 6.07) is -0.751. The van der Waals surface area contributed by atoms with Crippen LogP contribution in [0.5, 0.6) is 0 Å². The van der Waals surface area contributed by atoms with E-state index in [0.717, 1.165) is 0 Å². The molecule has 0 aromatic rings. The maximum absolute atomic E-state index is 12.0. The Kier molecular flexibility index (Phi) is 7.48. The number of ether oxygens (including phenoxy) is 1. The van der Waals surface area contributed by atoms with Gasteiger partial charge in [-0.05, 0) is 5.92 Å². The van der Waals surface area contributed by atoms with Crippen molar-refractivity contribution in [1.82, 2.24) is 5.32 Å². The molecule has 0 saturated heterocycles. The van der Waals surface area contributed by atoms with Gasteiger partial charge in [0, 0.05) is 6.42 Å². The Morgan fingerprint density at radius 1 is 1.32 bits per heavy atom. The number of ketones is 1. The molecule has 0 heterocycles. The van der Waals surface area contributed by atoms with Gasteiger partial charge in [-0.25, -0.2) is 4.79 Å². The summed E-state index contributed by atoms with van der Waals surface area (Å²) in [5, 5.41) is 11.2. The summed E-state index contributed by atoms with van der Waals surface area (Å²) in [4.78, 5) is 34.1. The van der Waals surface area contributed by atoms with E-state index in [4.69, 9.17) is 9.84 Å². The Balaban J connectivity index is 4.55. The van der Waals surface area contributed by atoms with E-state index < -0.39 is 24.0 Å². The van der Waals surface area contributed by atoms with E-state index in [1.54, 1.807) is 13.8 Å². The van der Waals surface area contributed by atoms with Crippen molar-refractivity contribution in [3.05, 3.63) is 12.7 Å². The fourth-order valence-electron chi connectivity index (χ4n) is 1.44. The molecule has 0 aliphatic rings. The number of aliphatic carboxylic acids is 1. The first-order valence-corrected chi connectivity index (χ1v) is 6.09.